The Morgan fingerprint density at radius 2 is 1.79 bits per heavy atom. The van der Waals surface area contributed by atoms with E-state index in [1.165, 1.54) is 0 Å². The third-order valence-corrected chi connectivity index (χ3v) is 3.59. The molecule has 0 amide bonds. The predicted octanol–water partition coefficient (Wildman–Crippen LogP) is 2.97. The molecule has 1 aromatic rings. The molecule has 0 aliphatic rings. The second-order valence-electron chi connectivity index (χ2n) is 5.92. The second-order valence-corrected chi connectivity index (χ2v) is 5.92. The first-order valence-electron chi connectivity index (χ1n) is 6.97. The van der Waals surface area contributed by atoms with Crippen molar-refractivity contribution in [1.29, 1.82) is 0 Å². The zero-order valence-electron chi connectivity index (χ0n) is 12.7. The molecule has 0 radical (unpaired) electrons. The van der Waals surface area contributed by atoms with Crippen molar-refractivity contribution in [3.05, 3.63) is 6.07 Å². The van der Waals surface area contributed by atoms with E-state index in [-0.39, 0.29) is 5.41 Å². The Balaban J connectivity index is 2.70. The third-order valence-electron chi connectivity index (χ3n) is 3.59. The largest absolute Gasteiger partial charge is 0.370 e. The van der Waals surface area contributed by atoms with Crippen molar-refractivity contribution in [2.45, 2.75) is 41.0 Å². The molecule has 5 nitrogen and oxygen atoms in total. The molecule has 4 N–H and O–H groups in total. The van der Waals surface area contributed by atoms with Gasteiger partial charge in [-0.05, 0) is 17.8 Å². The van der Waals surface area contributed by atoms with Crippen LogP contribution in [0.5, 0.6) is 0 Å². The molecule has 0 aromatic carbocycles. The summed E-state index contributed by atoms with van der Waals surface area (Å²) in [5.41, 5.74) is 5.93. The molecular weight excluding hydrogens is 238 g/mol. The van der Waals surface area contributed by atoms with E-state index in [0.717, 1.165) is 31.1 Å². The summed E-state index contributed by atoms with van der Waals surface area (Å²) in [7, 11) is 0. The minimum absolute atomic E-state index is 0.205. The highest BCUT2D eigenvalue weighted by molar-refractivity contribution is 5.51. The molecule has 0 atom stereocenters. The van der Waals surface area contributed by atoms with Crippen LogP contribution in [0.4, 0.5) is 17.6 Å². The Bertz CT molecular complexity index is 401. The predicted molar refractivity (Wildman–Crippen MR) is 82.3 cm³/mol. The molecule has 1 aromatic heterocycles. The Labute approximate surface area is 116 Å². The van der Waals surface area contributed by atoms with Crippen LogP contribution >= 0.6 is 0 Å². The van der Waals surface area contributed by atoms with E-state index < -0.39 is 0 Å². The van der Waals surface area contributed by atoms with Crippen LogP contribution in [-0.4, -0.2) is 23.1 Å². The molecule has 0 aliphatic heterocycles. The van der Waals surface area contributed by atoms with Crippen LogP contribution in [0.25, 0.3) is 0 Å². The van der Waals surface area contributed by atoms with Crippen LogP contribution in [0.15, 0.2) is 6.07 Å². The highest BCUT2D eigenvalue weighted by Gasteiger charge is 2.22. The summed E-state index contributed by atoms with van der Waals surface area (Å²) in [6.07, 6.45) is 1.05. The maximum atomic E-state index is 5.73. The van der Waals surface area contributed by atoms with Crippen LogP contribution in [-0.2, 0) is 0 Å². The van der Waals surface area contributed by atoms with Gasteiger partial charge < -0.3 is 16.4 Å². The van der Waals surface area contributed by atoms with Crippen LogP contribution in [0.2, 0.25) is 0 Å². The molecule has 19 heavy (non-hydrogen) atoms. The van der Waals surface area contributed by atoms with E-state index >= 15 is 0 Å². The van der Waals surface area contributed by atoms with Gasteiger partial charge in [0.15, 0.2) is 0 Å². The van der Waals surface area contributed by atoms with E-state index in [0.29, 0.717) is 11.9 Å². The maximum Gasteiger partial charge on any atom is 0.223 e. The van der Waals surface area contributed by atoms with Crippen LogP contribution in [0.1, 0.15) is 41.0 Å². The fourth-order valence-electron chi connectivity index (χ4n) is 1.42. The normalized spacial score (nSPS) is 11.7. The van der Waals surface area contributed by atoms with Gasteiger partial charge in [0.1, 0.15) is 11.6 Å². The van der Waals surface area contributed by atoms with Crippen LogP contribution < -0.4 is 16.4 Å². The Morgan fingerprint density at radius 1 is 1.21 bits per heavy atom. The molecule has 0 aliphatic carbocycles. The van der Waals surface area contributed by atoms with Gasteiger partial charge in [0.2, 0.25) is 5.95 Å². The number of hydrogen-bond acceptors (Lipinski definition) is 5. The first-order valence-corrected chi connectivity index (χ1v) is 6.97. The van der Waals surface area contributed by atoms with E-state index in [9.17, 15) is 0 Å². The zero-order valence-corrected chi connectivity index (χ0v) is 12.7. The minimum atomic E-state index is 0.205. The fourth-order valence-corrected chi connectivity index (χ4v) is 1.42. The van der Waals surface area contributed by atoms with Gasteiger partial charge in [0.25, 0.3) is 0 Å². The number of anilines is 3. The smallest absolute Gasteiger partial charge is 0.223 e. The van der Waals surface area contributed by atoms with Crippen molar-refractivity contribution in [1.82, 2.24) is 9.97 Å². The quantitative estimate of drug-likeness (QED) is 0.706. The van der Waals surface area contributed by atoms with E-state index in [4.69, 9.17) is 5.73 Å². The summed E-state index contributed by atoms with van der Waals surface area (Å²) in [4.78, 5) is 8.39. The van der Waals surface area contributed by atoms with Crippen LogP contribution in [0, 0.1) is 11.3 Å². The van der Waals surface area contributed by atoms with Gasteiger partial charge in [0.05, 0.1) is 0 Å². The molecule has 108 valence electrons. The first kappa shape index (κ1) is 15.5. The zero-order chi connectivity index (χ0) is 14.5. The van der Waals surface area contributed by atoms with E-state index in [1.807, 2.05) is 6.07 Å². The SMILES string of the molecule is CCCNc1cc(NCC(C)(C)C(C)C)nc(N)n1. The van der Waals surface area contributed by atoms with Gasteiger partial charge in [-0.2, -0.15) is 9.97 Å². The Hall–Kier alpha value is -1.52. The topological polar surface area (TPSA) is 75.9 Å². The lowest BCUT2D eigenvalue weighted by molar-refractivity contribution is 0.269. The molecule has 0 unspecified atom stereocenters. The average Bonchev–Trinajstić information content (AvgIpc) is 2.33. The molecule has 1 heterocycles. The van der Waals surface area contributed by atoms with E-state index in [1.54, 1.807) is 0 Å². The van der Waals surface area contributed by atoms with Crippen molar-refractivity contribution in [3.8, 4) is 0 Å². The standard InChI is InChI=1S/C14H27N5/c1-6-7-16-11-8-12(19-13(15)18-11)17-9-14(4,5)10(2)3/h8,10H,6-7,9H2,1-5H3,(H4,15,16,17,18,19). The van der Waals surface area contributed by atoms with Crippen LogP contribution in [0.3, 0.4) is 0 Å². The molecule has 0 bridgehead atoms. The summed E-state index contributed by atoms with van der Waals surface area (Å²) < 4.78 is 0. The van der Waals surface area contributed by atoms with Crippen molar-refractivity contribution in [2.75, 3.05) is 29.5 Å². The second kappa shape index (κ2) is 6.59. The monoisotopic (exact) mass is 265 g/mol. The summed E-state index contributed by atoms with van der Waals surface area (Å²) in [6, 6.07) is 1.91. The number of nitrogen functional groups attached to an aromatic ring is 1. The number of nitrogens with zero attached hydrogens (tertiary/aromatic N) is 2. The number of hydrogen-bond donors (Lipinski definition) is 3. The van der Waals surface area contributed by atoms with Gasteiger partial charge in [-0.1, -0.05) is 34.6 Å². The number of rotatable bonds is 7. The summed E-state index contributed by atoms with van der Waals surface area (Å²) >= 11 is 0. The lowest BCUT2D eigenvalue weighted by atomic mass is 9.81. The number of aromatic nitrogens is 2. The van der Waals surface area contributed by atoms with E-state index in [2.05, 4.69) is 55.2 Å². The minimum Gasteiger partial charge on any atom is -0.370 e. The molecule has 0 fully saturated rings. The molecule has 0 saturated carbocycles. The Morgan fingerprint density at radius 3 is 2.32 bits per heavy atom. The highest BCUT2D eigenvalue weighted by Crippen LogP contribution is 2.26. The lowest BCUT2D eigenvalue weighted by Crippen LogP contribution is -2.28. The molecule has 0 spiro atoms. The molecule has 5 heteroatoms. The number of nitrogens with one attached hydrogen (secondary N) is 2. The summed E-state index contributed by atoms with van der Waals surface area (Å²) in [5.74, 6) is 2.45. The van der Waals surface area contributed by atoms with Gasteiger partial charge in [-0.25, -0.2) is 0 Å². The van der Waals surface area contributed by atoms with Crippen molar-refractivity contribution >= 4 is 17.6 Å². The molecular formula is C14H27N5. The van der Waals surface area contributed by atoms with Crippen molar-refractivity contribution in [2.24, 2.45) is 11.3 Å². The first-order chi connectivity index (χ1) is 8.85. The lowest BCUT2D eigenvalue weighted by Gasteiger charge is -2.29. The summed E-state index contributed by atoms with van der Waals surface area (Å²) in [6.45, 7) is 12.8. The van der Waals surface area contributed by atoms with Gasteiger partial charge in [-0.15, -0.1) is 0 Å². The summed E-state index contributed by atoms with van der Waals surface area (Å²) in [5, 5.41) is 6.58. The van der Waals surface area contributed by atoms with Crippen molar-refractivity contribution in [3.63, 3.8) is 0 Å². The van der Waals surface area contributed by atoms with Gasteiger partial charge >= 0.3 is 0 Å². The highest BCUT2D eigenvalue weighted by atomic mass is 15.1. The van der Waals surface area contributed by atoms with Crippen molar-refractivity contribution < 1.29 is 0 Å². The van der Waals surface area contributed by atoms with Gasteiger partial charge in [-0.3, -0.25) is 0 Å². The molecule has 1 rings (SSSR count). The maximum absolute atomic E-state index is 5.73. The van der Waals surface area contributed by atoms with Gasteiger partial charge in [0, 0.05) is 19.2 Å². The average molecular weight is 265 g/mol. The fraction of sp³-hybridized carbons (Fsp3) is 0.714. The molecule has 0 saturated heterocycles. The third kappa shape index (κ3) is 4.93. The Kier molecular flexibility index (Phi) is 5.39. The number of nitrogens with two attached hydrogens (primary N) is 1.